The van der Waals surface area contributed by atoms with Crippen molar-refractivity contribution in [2.24, 2.45) is 0 Å². The molecule has 1 aromatic heterocycles. The van der Waals surface area contributed by atoms with E-state index in [0.29, 0.717) is 29.4 Å². The van der Waals surface area contributed by atoms with Crippen molar-refractivity contribution in [2.75, 3.05) is 46.7 Å². The van der Waals surface area contributed by atoms with Gasteiger partial charge in [0.25, 0.3) is 5.91 Å². The number of rotatable bonds is 9. The Kier molecular flexibility index (Phi) is 7.23. The molecule has 1 aromatic carbocycles. The number of hydrogen-bond acceptors (Lipinski definition) is 6. The molecule has 26 heavy (non-hydrogen) atoms. The van der Waals surface area contributed by atoms with Crippen LogP contribution in [0, 0.1) is 0 Å². The summed E-state index contributed by atoms with van der Waals surface area (Å²) in [6, 6.07) is 8.90. The summed E-state index contributed by atoms with van der Waals surface area (Å²) in [4.78, 5) is 18.6. The smallest absolute Gasteiger partial charge is 0.251 e. The van der Waals surface area contributed by atoms with E-state index in [4.69, 9.17) is 9.47 Å². The van der Waals surface area contributed by atoms with Gasteiger partial charge in [-0.3, -0.25) is 4.79 Å². The normalized spacial score (nSPS) is 10.5. The monoisotopic (exact) mass is 358 g/mol. The highest BCUT2D eigenvalue weighted by atomic mass is 16.5. The molecule has 2 rings (SSSR count). The van der Waals surface area contributed by atoms with Crippen molar-refractivity contribution in [3.05, 3.63) is 42.1 Å². The van der Waals surface area contributed by atoms with Crippen LogP contribution in [0.5, 0.6) is 11.5 Å². The second-order valence-electron chi connectivity index (χ2n) is 6.04. The summed E-state index contributed by atoms with van der Waals surface area (Å²) in [7, 11) is 7.20. The van der Waals surface area contributed by atoms with Crippen LogP contribution < -0.4 is 20.1 Å². The van der Waals surface area contributed by atoms with Gasteiger partial charge in [0.15, 0.2) is 11.5 Å². The number of ether oxygens (including phenoxy) is 2. The van der Waals surface area contributed by atoms with Gasteiger partial charge in [0.05, 0.1) is 14.2 Å². The number of benzene rings is 1. The minimum Gasteiger partial charge on any atom is -0.493 e. The molecule has 0 radical (unpaired) electrons. The summed E-state index contributed by atoms with van der Waals surface area (Å²) in [6.45, 7) is 1.57. The maximum Gasteiger partial charge on any atom is 0.251 e. The Bertz CT molecular complexity index is 734. The maximum absolute atomic E-state index is 12.3. The molecule has 0 saturated carbocycles. The summed E-state index contributed by atoms with van der Waals surface area (Å²) in [5.74, 6) is 1.74. The average Bonchev–Trinajstić information content (AvgIpc) is 2.65. The van der Waals surface area contributed by atoms with Crippen LogP contribution in [0.4, 0.5) is 11.5 Å². The third-order valence-corrected chi connectivity index (χ3v) is 3.75. The summed E-state index contributed by atoms with van der Waals surface area (Å²) in [5, 5.41) is 6.10. The number of carbonyl (C=O) groups is 1. The molecular formula is C19H26N4O3. The zero-order valence-corrected chi connectivity index (χ0v) is 15.7. The number of nitrogens with one attached hydrogen (secondary N) is 2. The van der Waals surface area contributed by atoms with Crippen LogP contribution in [0.1, 0.15) is 16.8 Å². The summed E-state index contributed by atoms with van der Waals surface area (Å²) < 4.78 is 10.5. The lowest BCUT2D eigenvalue weighted by atomic mass is 10.2. The summed E-state index contributed by atoms with van der Waals surface area (Å²) in [5.41, 5.74) is 1.35. The lowest BCUT2D eigenvalue weighted by Gasteiger charge is -2.12. The van der Waals surface area contributed by atoms with E-state index in [1.165, 1.54) is 0 Å². The number of amides is 1. The van der Waals surface area contributed by atoms with Gasteiger partial charge in [-0.2, -0.15) is 0 Å². The average molecular weight is 358 g/mol. The van der Waals surface area contributed by atoms with Crippen LogP contribution in [0.3, 0.4) is 0 Å². The molecular weight excluding hydrogens is 332 g/mol. The van der Waals surface area contributed by atoms with Gasteiger partial charge in [0, 0.05) is 30.1 Å². The molecule has 1 amide bonds. The van der Waals surface area contributed by atoms with Crippen molar-refractivity contribution in [2.45, 2.75) is 6.42 Å². The second kappa shape index (κ2) is 9.62. The fourth-order valence-electron chi connectivity index (χ4n) is 2.40. The quantitative estimate of drug-likeness (QED) is 0.671. The Labute approximate surface area is 154 Å². The van der Waals surface area contributed by atoms with Crippen molar-refractivity contribution in [3.8, 4) is 11.5 Å². The summed E-state index contributed by atoms with van der Waals surface area (Å²) in [6.07, 6.45) is 2.51. The van der Waals surface area contributed by atoms with Crippen LogP contribution in [0.25, 0.3) is 0 Å². The van der Waals surface area contributed by atoms with Gasteiger partial charge in [-0.15, -0.1) is 0 Å². The molecule has 0 saturated heterocycles. The molecule has 0 bridgehead atoms. The van der Waals surface area contributed by atoms with Crippen LogP contribution in [0.2, 0.25) is 0 Å². The van der Waals surface area contributed by atoms with E-state index < -0.39 is 0 Å². The zero-order valence-electron chi connectivity index (χ0n) is 15.7. The molecule has 1 heterocycles. The number of carbonyl (C=O) groups excluding carboxylic acids is 1. The molecule has 0 aliphatic rings. The van der Waals surface area contributed by atoms with Crippen LogP contribution >= 0.6 is 0 Å². The van der Waals surface area contributed by atoms with Gasteiger partial charge in [-0.25, -0.2) is 4.98 Å². The van der Waals surface area contributed by atoms with Crippen molar-refractivity contribution in [1.29, 1.82) is 0 Å². The number of hydrogen-bond donors (Lipinski definition) is 2. The van der Waals surface area contributed by atoms with Crippen LogP contribution in [-0.4, -0.2) is 57.2 Å². The first-order valence-electron chi connectivity index (χ1n) is 8.41. The Morgan fingerprint density at radius 3 is 2.58 bits per heavy atom. The number of anilines is 2. The van der Waals surface area contributed by atoms with E-state index in [1.807, 2.05) is 32.3 Å². The molecule has 0 spiro atoms. The first kappa shape index (κ1) is 19.5. The van der Waals surface area contributed by atoms with E-state index in [1.54, 1.807) is 32.5 Å². The van der Waals surface area contributed by atoms with E-state index in [-0.39, 0.29) is 5.91 Å². The zero-order chi connectivity index (χ0) is 18.9. The van der Waals surface area contributed by atoms with Gasteiger partial charge in [-0.1, -0.05) is 0 Å². The van der Waals surface area contributed by atoms with Crippen molar-refractivity contribution in [1.82, 2.24) is 15.2 Å². The third-order valence-electron chi connectivity index (χ3n) is 3.75. The van der Waals surface area contributed by atoms with Gasteiger partial charge in [0.1, 0.15) is 5.82 Å². The molecule has 0 unspecified atom stereocenters. The maximum atomic E-state index is 12.3. The Morgan fingerprint density at radius 2 is 1.88 bits per heavy atom. The van der Waals surface area contributed by atoms with Crippen LogP contribution in [0.15, 0.2) is 36.5 Å². The molecule has 0 atom stereocenters. The lowest BCUT2D eigenvalue weighted by molar-refractivity contribution is 0.0952. The van der Waals surface area contributed by atoms with E-state index in [9.17, 15) is 4.79 Å². The minimum absolute atomic E-state index is 0.110. The standard InChI is InChI=1S/C19H26N4O3/c1-23(2)11-5-9-21-19(24)14-8-10-20-18(12-14)22-15-6-7-16(25-3)17(13-15)26-4/h6-8,10,12-13H,5,9,11H2,1-4H3,(H,20,22)(H,21,24). The molecule has 0 aliphatic carbocycles. The molecule has 7 nitrogen and oxygen atoms in total. The van der Waals surface area contributed by atoms with E-state index >= 15 is 0 Å². The Balaban J connectivity index is 2.01. The number of nitrogens with zero attached hydrogens (tertiary/aromatic N) is 2. The van der Waals surface area contributed by atoms with E-state index in [0.717, 1.165) is 18.7 Å². The second-order valence-corrected chi connectivity index (χ2v) is 6.04. The molecule has 7 heteroatoms. The fraction of sp³-hybridized carbons (Fsp3) is 0.368. The number of aromatic nitrogens is 1. The van der Waals surface area contributed by atoms with Crippen molar-refractivity contribution < 1.29 is 14.3 Å². The molecule has 2 aromatic rings. The van der Waals surface area contributed by atoms with Gasteiger partial charge >= 0.3 is 0 Å². The largest absolute Gasteiger partial charge is 0.493 e. The Hall–Kier alpha value is -2.80. The summed E-state index contributed by atoms with van der Waals surface area (Å²) >= 11 is 0. The lowest BCUT2D eigenvalue weighted by Crippen LogP contribution is -2.27. The third kappa shape index (κ3) is 5.63. The van der Waals surface area contributed by atoms with Gasteiger partial charge in [-0.05, 0) is 51.3 Å². The van der Waals surface area contributed by atoms with Gasteiger partial charge in [0.2, 0.25) is 0 Å². The molecule has 2 N–H and O–H groups in total. The topological polar surface area (TPSA) is 75.7 Å². The number of methoxy groups -OCH3 is 2. The van der Waals surface area contributed by atoms with E-state index in [2.05, 4.69) is 20.5 Å². The highest BCUT2D eigenvalue weighted by Gasteiger charge is 2.08. The Morgan fingerprint density at radius 1 is 1.12 bits per heavy atom. The highest BCUT2D eigenvalue weighted by molar-refractivity contribution is 5.94. The molecule has 140 valence electrons. The SMILES string of the molecule is COc1ccc(Nc2cc(C(=O)NCCCN(C)C)ccn2)cc1OC. The first-order chi connectivity index (χ1) is 12.5. The fourth-order valence-corrected chi connectivity index (χ4v) is 2.40. The predicted molar refractivity (Wildman–Crippen MR) is 103 cm³/mol. The predicted octanol–water partition coefficient (Wildman–Crippen LogP) is 2.52. The van der Waals surface area contributed by atoms with Crippen molar-refractivity contribution >= 4 is 17.4 Å². The number of pyridine rings is 1. The van der Waals surface area contributed by atoms with Gasteiger partial charge < -0.3 is 25.0 Å². The molecule has 0 aliphatic heterocycles. The minimum atomic E-state index is -0.110. The van der Waals surface area contributed by atoms with Crippen molar-refractivity contribution in [3.63, 3.8) is 0 Å². The van der Waals surface area contributed by atoms with Crippen LogP contribution in [-0.2, 0) is 0 Å². The first-order valence-corrected chi connectivity index (χ1v) is 8.41. The highest BCUT2D eigenvalue weighted by Crippen LogP contribution is 2.30. The molecule has 0 fully saturated rings.